The molecule has 0 saturated heterocycles. The van der Waals surface area contributed by atoms with Crippen molar-refractivity contribution in [1.29, 1.82) is 0 Å². The molecule has 4 rings (SSSR count). The van der Waals surface area contributed by atoms with Crippen molar-refractivity contribution in [3.63, 3.8) is 0 Å². The largest absolute Gasteiger partial charge is 0.493 e. The summed E-state index contributed by atoms with van der Waals surface area (Å²) in [4.78, 5) is 25.6. The molecule has 0 spiro atoms. The molecular weight excluding hydrogens is 451 g/mol. The first-order valence-electron chi connectivity index (χ1n) is 10.7. The number of nitrogens with one attached hydrogen (secondary N) is 2. The third kappa shape index (κ3) is 5.47. The molecule has 3 aromatic carbocycles. The Hall–Kier alpha value is -4.66. The highest BCUT2D eigenvalue weighted by molar-refractivity contribution is 6.04. The van der Waals surface area contributed by atoms with Crippen molar-refractivity contribution in [2.24, 2.45) is 7.05 Å². The average molecular weight is 474 g/mol. The van der Waals surface area contributed by atoms with Gasteiger partial charge in [0.1, 0.15) is 5.82 Å². The number of hydrogen-bond acceptors (Lipinski definition) is 6. The summed E-state index contributed by atoms with van der Waals surface area (Å²) in [6.45, 7) is 1.93. The lowest BCUT2D eigenvalue weighted by molar-refractivity contribution is 0.102. The first-order chi connectivity index (χ1) is 16.8. The summed E-state index contributed by atoms with van der Waals surface area (Å²) in [5, 5.41) is 9.82. The Bertz CT molecular complexity index is 1430. The van der Waals surface area contributed by atoms with Crippen molar-refractivity contribution in [3.05, 3.63) is 100 Å². The van der Waals surface area contributed by atoms with Gasteiger partial charge in [0.15, 0.2) is 22.9 Å². The van der Waals surface area contributed by atoms with E-state index in [4.69, 9.17) is 9.47 Å². The number of aromatic nitrogens is 2. The predicted molar refractivity (Wildman–Crippen MR) is 131 cm³/mol. The van der Waals surface area contributed by atoms with E-state index in [2.05, 4.69) is 15.7 Å². The average Bonchev–Trinajstić information content (AvgIpc) is 2.86. The number of methoxy groups -OCH3 is 1. The van der Waals surface area contributed by atoms with E-state index >= 15 is 0 Å². The van der Waals surface area contributed by atoms with E-state index in [1.54, 1.807) is 30.3 Å². The number of rotatable bonds is 7. The molecule has 35 heavy (non-hydrogen) atoms. The molecule has 0 saturated carbocycles. The molecule has 1 heterocycles. The standard InChI is InChI=1S/C26H23FN4O4/c1-16-7-12-21(22(13-16)34-3)35-23-15-28-31(2)26(33)24(23)29-20-6-4-5-17(14-20)25(32)30-19-10-8-18(27)9-11-19/h4-15,29H,1-3H3,(H,30,32). The quantitative estimate of drug-likeness (QED) is 0.390. The van der Waals surface area contributed by atoms with E-state index in [1.165, 1.54) is 49.3 Å². The maximum absolute atomic E-state index is 13.1. The maximum Gasteiger partial charge on any atom is 0.294 e. The van der Waals surface area contributed by atoms with Crippen LogP contribution in [0.4, 0.5) is 21.5 Å². The summed E-state index contributed by atoms with van der Waals surface area (Å²) in [6, 6.07) is 17.5. The topological polar surface area (TPSA) is 94.5 Å². The highest BCUT2D eigenvalue weighted by Gasteiger charge is 2.16. The third-order valence-electron chi connectivity index (χ3n) is 5.14. The van der Waals surface area contributed by atoms with Crippen molar-refractivity contribution in [3.8, 4) is 17.2 Å². The van der Waals surface area contributed by atoms with Crippen LogP contribution in [0.5, 0.6) is 17.2 Å². The van der Waals surface area contributed by atoms with Crippen molar-refractivity contribution >= 4 is 23.0 Å². The van der Waals surface area contributed by atoms with E-state index < -0.39 is 11.4 Å². The molecule has 0 aliphatic heterocycles. The van der Waals surface area contributed by atoms with E-state index in [0.29, 0.717) is 28.4 Å². The van der Waals surface area contributed by atoms with Crippen LogP contribution in [-0.4, -0.2) is 22.8 Å². The monoisotopic (exact) mass is 474 g/mol. The first-order valence-corrected chi connectivity index (χ1v) is 10.7. The smallest absolute Gasteiger partial charge is 0.294 e. The van der Waals surface area contributed by atoms with E-state index in [-0.39, 0.29) is 17.3 Å². The van der Waals surface area contributed by atoms with Crippen molar-refractivity contribution in [2.45, 2.75) is 6.92 Å². The number of hydrogen-bond donors (Lipinski definition) is 2. The summed E-state index contributed by atoms with van der Waals surface area (Å²) in [6.07, 6.45) is 1.42. The molecule has 0 atom stereocenters. The summed E-state index contributed by atoms with van der Waals surface area (Å²) in [5.41, 5.74) is 2.00. The SMILES string of the molecule is COc1cc(C)ccc1Oc1cnn(C)c(=O)c1Nc1cccc(C(=O)Nc2ccc(F)cc2)c1. The second-order valence-corrected chi connectivity index (χ2v) is 7.74. The number of halogens is 1. The number of carbonyl (C=O) groups is 1. The molecule has 2 N–H and O–H groups in total. The fourth-order valence-corrected chi connectivity index (χ4v) is 3.31. The molecule has 0 bridgehead atoms. The fraction of sp³-hybridized carbons (Fsp3) is 0.115. The van der Waals surface area contributed by atoms with E-state index in [0.717, 1.165) is 5.56 Å². The molecule has 9 heteroatoms. The van der Waals surface area contributed by atoms with Crippen molar-refractivity contribution in [2.75, 3.05) is 17.7 Å². The molecule has 0 aliphatic rings. The van der Waals surface area contributed by atoms with Crippen LogP contribution in [-0.2, 0) is 7.05 Å². The number of ether oxygens (including phenoxy) is 2. The molecule has 4 aromatic rings. The molecule has 0 radical (unpaired) electrons. The molecule has 178 valence electrons. The lowest BCUT2D eigenvalue weighted by Gasteiger charge is -2.15. The summed E-state index contributed by atoms with van der Waals surface area (Å²) >= 11 is 0. The van der Waals surface area contributed by atoms with Crippen LogP contribution in [0.1, 0.15) is 15.9 Å². The maximum atomic E-state index is 13.1. The third-order valence-corrected chi connectivity index (χ3v) is 5.14. The van der Waals surface area contributed by atoms with Crippen LogP contribution in [0.15, 0.2) is 77.7 Å². The molecule has 0 aliphatic carbocycles. The van der Waals surface area contributed by atoms with Crippen LogP contribution in [0, 0.1) is 12.7 Å². The lowest BCUT2D eigenvalue weighted by Crippen LogP contribution is -2.22. The lowest BCUT2D eigenvalue weighted by atomic mass is 10.1. The summed E-state index contributed by atoms with van der Waals surface area (Å²) in [7, 11) is 3.06. The molecule has 8 nitrogen and oxygen atoms in total. The Morgan fingerprint density at radius 2 is 1.74 bits per heavy atom. The van der Waals surface area contributed by atoms with Crippen LogP contribution in [0.25, 0.3) is 0 Å². The highest BCUT2D eigenvalue weighted by atomic mass is 19.1. The number of amides is 1. The zero-order valence-electron chi connectivity index (χ0n) is 19.3. The Kier molecular flexibility index (Phi) is 6.77. The van der Waals surface area contributed by atoms with Gasteiger partial charge in [0.25, 0.3) is 11.5 Å². The minimum atomic E-state index is -0.422. The Balaban J connectivity index is 1.62. The van der Waals surface area contributed by atoms with Crippen molar-refractivity contribution < 1.29 is 18.7 Å². The molecule has 0 unspecified atom stereocenters. The zero-order chi connectivity index (χ0) is 24.9. The van der Waals surface area contributed by atoms with E-state index in [9.17, 15) is 14.0 Å². The number of carbonyl (C=O) groups excluding carboxylic acids is 1. The van der Waals surface area contributed by atoms with Gasteiger partial charge in [-0.15, -0.1) is 0 Å². The molecule has 0 fully saturated rings. The number of benzene rings is 3. The fourth-order valence-electron chi connectivity index (χ4n) is 3.31. The minimum Gasteiger partial charge on any atom is -0.493 e. The Morgan fingerprint density at radius 1 is 0.971 bits per heavy atom. The van der Waals surface area contributed by atoms with E-state index in [1.807, 2.05) is 19.1 Å². The van der Waals surface area contributed by atoms with Gasteiger partial charge in [-0.25, -0.2) is 9.07 Å². The van der Waals surface area contributed by atoms with Gasteiger partial charge in [-0.2, -0.15) is 5.10 Å². The second-order valence-electron chi connectivity index (χ2n) is 7.74. The van der Waals surface area contributed by atoms with Gasteiger partial charge in [-0.05, 0) is 67.1 Å². The van der Waals surface area contributed by atoms with Gasteiger partial charge >= 0.3 is 0 Å². The molecule has 1 amide bonds. The van der Waals surface area contributed by atoms with Crippen LogP contribution in [0.3, 0.4) is 0 Å². The first kappa shape index (κ1) is 23.5. The van der Waals surface area contributed by atoms with Gasteiger partial charge < -0.3 is 20.1 Å². The second kappa shape index (κ2) is 10.1. The predicted octanol–water partition coefficient (Wildman–Crippen LogP) is 5.02. The Labute approximate surface area is 200 Å². The van der Waals surface area contributed by atoms with Crippen LogP contribution < -0.4 is 25.7 Å². The molecule has 1 aromatic heterocycles. The van der Waals surface area contributed by atoms with Gasteiger partial charge in [0, 0.05) is 24.0 Å². The number of nitrogens with zero attached hydrogens (tertiary/aromatic N) is 2. The van der Waals surface area contributed by atoms with Gasteiger partial charge in [-0.1, -0.05) is 12.1 Å². The normalized spacial score (nSPS) is 10.5. The van der Waals surface area contributed by atoms with Gasteiger partial charge in [-0.3, -0.25) is 9.59 Å². The van der Waals surface area contributed by atoms with Crippen molar-refractivity contribution in [1.82, 2.24) is 9.78 Å². The Morgan fingerprint density at radius 3 is 2.49 bits per heavy atom. The van der Waals surface area contributed by atoms with Crippen LogP contribution in [0.2, 0.25) is 0 Å². The molecular formula is C26H23FN4O4. The van der Waals surface area contributed by atoms with Crippen LogP contribution >= 0.6 is 0 Å². The number of aryl methyl sites for hydroxylation is 2. The number of anilines is 3. The summed E-state index contributed by atoms with van der Waals surface area (Å²) < 4.78 is 25.7. The highest BCUT2D eigenvalue weighted by Crippen LogP contribution is 2.35. The van der Waals surface area contributed by atoms with Gasteiger partial charge in [0.2, 0.25) is 0 Å². The minimum absolute atomic E-state index is 0.140. The summed E-state index contributed by atoms with van der Waals surface area (Å²) in [5.74, 6) is 0.342. The zero-order valence-corrected chi connectivity index (χ0v) is 19.3. The van der Waals surface area contributed by atoms with Gasteiger partial charge in [0.05, 0.1) is 13.3 Å².